The van der Waals surface area contributed by atoms with Gasteiger partial charge in [-0.15, -0.1) is 0 Å². The van der Waals surface area contributed by atoms with Gasteiger partial charge in [0.1, 0.15) is 5.75 Å². The molecule has 0 aliphatic carbocycles. The maximum Gasteiger partial charge on any atom is 0.207 e. The molecule has 0 unspecified atom stereocenters. The molecule has 2 rings (SSSR count). The SMILES string of the molecule is CCCOc1ccc(-n2ccnc2NCC(C)C)cc1. The Bertz CT molecular complexity index is 517. The second-order valence-electron chi connectivity index (χ2n) is 5.24. The van der Waals surface area contributed by atoms with Gasteiger partial charge in [-0.3, -0.25) is 4.57 Å². The number of nitrogens with zero attached hydrogens (tertiary/aromatic N) is 2. The molecule has 1 aromatic heterocycles. The minimum atomic E-state index is 0.588. The highest BCUT2D eigenvalue weighted by Crippen LogP contribution is 2.19. The van der Waals surface area contributed by atoms with Gasteiger partial charge in [0.05, 0.1) is 6.61 Å². The third-order valence-corrected chi connectivity index (χ3v) is 2.90. The van der Waals surface area contributed by atoms with Gasteiger partial charge in [-0.05, 0) is 36.6 Å². The molecule has 0 amide bonds. The van der Waals surface area contributed by atoms with Crippen molar-refractivity contribution >= 4 is 5.95 Å². The molecule has 0 saturated heterocycles. The fourth-order valence-corrected chi connectivity index (χ4v) is 1.86. The summed E-state index contributed by atoms with van der Waals surface area (Å²) in [5, 5.41) is 3.36. The normalized spacial score (nSPS) is 10.8. The molecule has 1 aromatic carbocycles. The van der Waals surface area contributed by atoms with Crippen molar-refractivity contribution in [3.05, 3.63) is 36.7 Å². The predicted molar refractivity (Wildman–Crippen MR) is 82.7 cm³/mol. The van der Waals surface area contributed by atoms with Gasteiger partial charge in [0.25, 0.3) is 0 Å². The maximum absolute atomic E-state index is 5.60. The van der Waals surface area contributed by atoms with Crippen LogP contribution in [0.25, 0.3) is 5.69 Å². The second-order valence-corrected chi connectivity index (χ2v) is 5.24. The van der Waals surface area contributed by atoms with Crippen LogP contribution in [0.15, 0.2) is 36.7 Å². The minimum Gasteiger partial charge on any atom is -0.494 e. The van der Waals surface area contributed by atoms with Gasteiger partial charge in [0.15, 0.2) is 0 Å². The van der Waals surface area contributed by atoms with Gasteiger partial charge in [-0.2, -0.15) is 0 Å². The molecule has 4 heteroatoms. The molecule has 0 fully saturated rings. The minimum absolute atomic E-state index is 0.588. The molecule has 20 heavy (non-hydrogen) atoms. The van der Waals surface area contributed by atoms with Crippen molar-refractivity contribution in [3.8, 4) is 11.4 Å². The zero-order valence-corrected chi connectivity index (χ0v) is 12.5. The fraction of sp³-hybridized carbons (Fsp3) is 0.438. The molecule has 0 aliphatic rings. The van der Waals surface area contributed by atoms with Crippen LogP contribution in [0, 0.1) is 5.92 Å². The Kier molecular flexibility index (Phi) is 5.04. The molecule has 0 aliphatic heterocycles. The lowest BCUT2D eigenvalue weighted by molar-refractivity contribution is 0.317. The van der Waals surface area contributed by atoms with Crippen LogP contribution in [-0.4, -0.2) is 22.7 Å². The van der Waals surface area contributed by atoms with Crippen LogP contribution in [-0.2, 0) is 0 Å². The van der Waals surface area contributed by atoms with Crippen molar-refractivity contribution in [1.82, 2.24) is 9.55 Å². The number of hydrogen-bond acceptors (Lipinski definition) is 3. The van der Waals surface area contributed by atoms with E-state index >= 15 is 0 Å². The van der Waals surface area contributed by atoms with Gasteiger partial charge in [0, 0.05) is 24.6 Å². The van der Waals surface area contributed by atoms with Gasteiger partial charge < -0.3 is 10.1 Å². The Balaban J connectivity index is 2.09. The average Bonchev–Trinajstić information content (AvgIpc) is 2.92. The highest BCUT2D eigenvalue weighted by atomic mass is 16.5. The zero-order valence-electron chi connectivity index (χ0n) is 12.5. The number of aromatic nitrogens is 2. The van der Waals surface area contributed by atoms with Crippen LogP contribution < -0.4 is 10.1 Å². The smallest absolute Gasteiger partial charge is 0.207 e. The van der Waals surface area contributed by atoms with E-state index < -0.39 is 0 Å². The lowest BCUT2D eigenvalue weighted by Crippen LogP contribution is -2.11. The molecule has 1 N–H and O–H groups in total. The molecule has 0 atom stereocenters. The first-order valence-corrected chi connectivity index (χ1v) is 7.21. The van der Waals surface area contributed by atoms with Gasteiger partial charge in [-0.25, -0.2) is 4.98 Å². The fourth-order valence-electron chi connectivity index (χ4n) is 1.86. The largest absolute Gasteiger partial charge is 0.494 e. The Morgan fingerprint density at radius 1 is 1.25 bits per heavy atom. The number of benzene rings is 1. The monoisotopic (exact) mass is 273 g/mol. The number of nitrogens with one attached hydrogen (secondary N) is 1. The van der Waals surface area contributed by atoms with Crippen LogP contribution in [0.2, 0.25) is 0 Å². The summed E-state index contributed by atoms with van der Waals surface area (Å²) >= 11 is 0. The van der Waals surface area contributed by atoms with Crippen molar-refractivity contribution in [2.45, 2.75) is 27.2 Å². The summed E-state index contributed by atoms with van der Waals surface area (Å²) in [5.74, 6) is 2.37. The lowest BCUT2D eigenvalue weighted by atomic mass is 10.2. The quantitative estimate of drug-likeness (QED) is 0.835. The van der Waals surface area contributed by atoms with Crippen LogP contribution in [0.4, 0.5) is 5.95 Å². The molecule has 0 spiro atoms. The summed E-state index contributed by atoms with van der Waals surface area (Å²) in [6.45, 7) is 8.13. The number of rotatable bonds is 7. The number of imidazole rings is 1. The summed E-state index contributed by atoms with van der Waals surface area (Å²) in [6, 6.07) is 8.09. The van der Waals surface area contributed by atoms with Crippen molar-refractivity contribution in [3.63, 3.8) is 0 Å². The predicted octanol–water partition coefficient (Wildman–Crippen LogP) is 3.73. The Hall–Kier alpha value is -1.97. The number of anilines is 1. The topological polar surface area (TPSA) is 39.1 Å². The molecule has 1 heterocycles. The first-order chi connectivity index (χ1) is 9.70. The summed E-state index contributed by atoms with van der Waals surface area (Å²) < 4.78 is 7.64. The first kappa shape index (κ1) is 14.4. The summed E-state index contributed by atoms with van der Waals surface area (Å²) in [5.41, 5.74) is 1.08. The third kappa shape index (κ3) is 3.76. The average molecular weight is 273 g/mol. The van der Waals surface area contributed by atoms with Crippen LogP contribution in [0.3, 0.4) is 0 Å². The first-order valence-electron chi connectivity index (χ1n) is 7.21. The number of ether oxygens (including phenoxy) is 1. The van der Waals surface area contributed by atoms with E-state index in [1.807, 2.05) is 41.2 Å². The van der Waals surface area contributed by atoms with E-state index in [9.17, 15) is 0 Å². The third-order valence-electron chi connectivity index (χ3n) is 2.90. The maximum atomic E-state index is 5.60. The van der Waals surface area contributed by atoms with E-state index in [2.05, 4.69) is 31.1 Å². The summed E-state index contributed by atoms with van der Waals surface area (Å²) in [4.78, 5) is 4.36. The highest BCUT2D eigenvalue weighted by Gasteiger charge is 2.05. The molecule has 4 nitrogen and oxygen atoms in total. The lowest BCUT2D eigenvalue weighted by Gasteiger charge is -2.12. The van der Waals surface area contributed by atoms with Crippen molar-refractivity contribution < 1.29 is 4.74 Å². The van der Waals surface area contributed by atoms with E-state index in [0.717, 1.165) is 37.0 Å². The molecule has 0 bridgehead atoms. The Morgan fingerprint density at radius 3 is 2.65 bits per heavy atom. The van der Waals surface area contributed by atoms with Crippen LogP contribution in [0.1, 0.15) is 27.2 Å². The van der Waals surface area contributed by atoms with Crippen LogP contribution in [0.5, 0.6) is 5.75 Å². The molecule has 108 valence electrons. The van der Waals surface area contributed by atoms with Crippen molar-refractivity contribution in [1.29, 1.82) is 0 Å². The number of hydrogen-bond donors (Lipinski definition) is 1. The second kappa shape index (κ2) is 6.98. The van der Waals surface area contributed by atoms with Crippen molar-refractivity contribution in [2.24, 2.45) is 5.92 Å². The standard InChI is InChI=1S/C16H23N3O/c1-4-11-20-15-7-5-14(6-8-15)19-10-9-17-16(19)18-12-13(2)3/h5-10,13H,4,11-12H2,1-3H3,(H,17,18). The summed E-state index contributed by atoms with van der Waals surface area (Å²) in [6.07, 6.45) is 4.79. The van der Waals surface area contributed by atoms with Crippen LogP contribution >= 0.6 is 0 Å². The van der Waals surface area contributed by atoms with E-state index in [-0.39, 0.29) is 0 Å². The Morgan fingerprint density at radius 2 is 2.00 bits per heavy atom. The zero-order chi connectivity index (χ0) is 14.4. The molecule has 0 radical (unpaired) electrons. The Labute approximate surface area is 120 Å². The van der Waals surface area contributed by atoms with E-state index in [1.165, 1.54) is 0 Å². The van der Waals surface area contributed by atoms with E-state index in [1.54, 1.807) is 0 Å². The van der Waals surface area contributed by atoms with Crippen molar-refractivity contribution in [2.75, 3.05) is 18.5 Å². The van der Waals surface area contributed by atoms with Gasteiger partial charge >= 0.3 is 0 Å². The molecular weight excluding hydrogens is 250 g/mol. The van der Waals surface area contributed by atoms with Gasteiger partial charge in [-0.1, -0.05) is 20.8 Å². The molecule has 0 saturated carbocycles. The summed E-state index contributed by atoms with van der Waals surface area (Å²) in [7, 11) is 0. The molecule has 2 aromatic rings. The van der Waals surface area contributed by atoms with E-state index in [0.29, 0.717) is 5.92 Å². The van der Waals surface area contributed by atoms with Gasteiger partial charge in [0.2, 0.25) is 5.95 Å². The van der Waals surface area contributed by atoms with E-state index in [4.69, 9.17) is 4.74 Å². The molecular formula is C16H23N3O. The highest BCUT2D eigenvalue weighted by molar-refractivity contribution is 5.44.